The van der Waals surface area contributed by atoms with E-state index in [2.05, 4.69) is 33.0 Å². The zero-order valence-corrected chi connectivity index (χ0v) is 11.2. The van der Waals surface area contributed by atoms with Gasteiger partial charge < -0.3 is 14.8 Å². The summed E-state index contributed by atoms with van der Waals surface area (Å²) in [6, 6.07) is 1.15. The molecule has 0 radical (unpaired) electrons. The molecule has 1 aliphatic heterocycles. The Kier molecular flexibility index (Phi) is 6.32. The molecule has 3 heteroatoms. The lowest BCUT2D eigenvalue weighted by atomic mass is 9.95. The van der Waals surface area contributed by atoms with E-state index in [0.717, 1.165) is 13.0 Å². The molecule has 3 unspecified atom stereocenters. The van der Waals surface area contributed by atoms with Crippen molar-refractivity contribution in [2.75, 3.05) is 13.2 Å². The summed E-state index contributed by atoms with van der Waals surface area (Å²) in [7, 11) is 0. The molecule has 1 fully saturated rings. The van der Waals surface area contributed by atoms with E-state index in [1.54, 1.807) is 0 Å². The Labute approximate surface area is 99.9 Å². The van der Waals surface area contributed by atoms with Gasteiger partial charge in [-0.15, -0.1) is 0 Å². The van der Waals surface area contributed by atoms with Gasteiger partial charge in [-0.25, -0.2) is 0 Å². The fourth-order valence-corrected chi connectivity index (χ4v) is 2.24. The van der Waals surface area contributed by atoms with Crippen molar-refractivity contribution in [2.24, 2.45) is 0 Å². The molecule has 16 heavy (non-hydrogen) atoms. The minimum absolute atomic E-state index is 0.301. The van der Waals surface area contributed by atoms with Crippen LogP contribution < -0.4 is 5.32 Å². The second-order valence-electron chi connectivity index (χ2n) is 4.99. The van der Waals surface area contributed by atoms with Crippen LogP contribution in [0, 0.1) is 0 Å². The third kappa shape index (κ3) is 4.81. The van der Waals surface area contributed by atoms with E-state index in [1.807, 2.05) is 0 Å². The van der Waals surface area contributed by atoms with Gasteiger partial charge in [0.2, 0.25) is 0 Å². The second kappa shape index (κ2) is 7.25. The molecule has 96 valence electrons. The molecule has 0 bridgehead atoms. The van der Waals surface area contributed by atoms with E-state index in [-0.39, 0.29) is 0 Å². The highest BCUT2D eigenvalue weighted by Crippen LogP contribution is 2.18. The van der Waals surface area contributed by atoms with Crippen LogP contribution in [0.4, 0.5) is 0 Å². The van der Waals surface area contributed by atoms with Crippen LogP contribution in [-0.4, -0.2) is 37.5 Å². The molecular formula is C13H27NO2. The molecule has 3 atom stereocenters. The van der Waals surface area contributed by atoms with Gasteiger partial charge in [-0.2, -0.15) is 0 Å². The first kappa shape index (κ1) is 13.9. The first-order valence-electron chi connectivity index (χ1n) is 6.62. The fourth-order valence-electron chi connectivity index (χ4n) is 2.24. The number of hydrogen-bond donors (Lipinski definition) is 1. The van der Waals surface area contributed by atoms with Crippen LogP contribution in [0.2, 0.25) is 0 Å². The molecular weight excluding hydrogens is 202 g/mol. The maximum Gasteiger partial charge on any atom is 0.0729 e. The van der Waals surface area contributed by atoms with Crippen molar-refractivity contribution in [3.63, 3.8) is 0 Å². The SMILES string of the molecule is CCC1NC(C)CCC1OCCOC(C)C. The Hall–Kier alpha value is -0.120. The molecule has 0 spiro atoms. The molecule has 1 saturated heterocycles. The number of rotatable bonds is 6. The topological polar surface area (TPSA) is 30.5 Å². The molecule has 1 heterocycles. The van der Waals surface area contributed by atoms with Crippen LogP contribution in [-0.2, 0) is 9.47 Å². The van der Waals surface area contributed by atoms with Gasteiger partial charge in [0.15, 0.2) is 0 Å². The predicted octanol–water partition coefficient (Wildman–Crippen LogP) is 2.35. The van der Waals surface area contributed by atoms with Crippen LogP contribution in [0.15, 0.2) is 0 Å². The standard InChI is InChI=1S/C13H27NO2/c1-5-12-13(7-6-11(4)14-12)16-9-8-15-10(2)3/h10-14H,5-9H2,1-4H3. The highest BCUT2D eigenvalue weighted by molar-refractivity contribution is 4.84. The summed E-state index contributed by atoms with van der Waals surface area (Å²) < 4.78 is 11.4. The highest BCUT2D eigenvalue weighted by Gasteiger charge is 2.26. The van der Waals surface area contributed by atoms with E-state index in [9.17, 15) is 0 Å². The van der Waals surface area contributed by atoms with Gasteiger partial charge in [-0.1, -0.05) is 6.92 Å². The predicted molar refractivity (Wildman–Crippen MR) is 66.7 cm³/mol. The van der Waals surface area contributed by atoms with Crippen molar-refractivity contribution in [2.45, 2.75) is 71.2 Å². The Bertz CT molecular complexity index is 185. The van der Waals surface area contributed by atoms with Crippen molar-refractivity contribution >= 4 is 0 Å². The van der Waals surface area contributed by atoms with E-state index in [1.165, 1.54) is 12.8 Å². The summed E-state index contributed by atoms with van der Waals surface area (Å²) in [4.78, 5) is 0. The van der Waals surface area contributed by atoms with E-state index < -0.39 is 0 Å². The molecule has 1 aliphatic rings. The van der Waals surface area contributed by atoms with Gasteiger partial charge in [-0.05, 0) is 40.0 Å². The van der Waals surface area contributed by atoms with Gasteiger partial charge in [0.25, 0.3) is 0 Å². The minimum Gasteiger partial charge on any atom is -0.376 e. The van der Waals surface area contributed by atoms with Gasteiger partial charge >= 0.3 is 0 Å². The van der Waals surface area contributed by atoms with E-state index in [4.69, 9.17) is 9.47 Å². The van der Waals surface area contributed by atoms with Crippen molar-refractivity contribution < 1.29 is 9.47 Å². The average Bonchev–Trinajstić information content (AvgIpc) is 2.25. The lowest BCUT2D eigenvalue weighted by molar-refractivity contribution is -0.0395. The van der Waals surface area contributed by atoms with Crippen molar-refractivity contribution in [1.82, 2.24) is 5.32 Å². The molecule has 0 saturated carbocycles. The summed E-state index contributed by atoms with van der Waals surface area (Å²) in [6.45, 7) is 10.0. The van der Waals surface area contributed by atoms with E-state index >= 15 is 0 Å². The molecule has 1 N–H and O–H groups in total. The normalized spacial score (nSPS) is 30.9. The highest BCUT2D eigenvalue weighted by atomic mass is 16.5. The molecule has 1 rings (SSSR count). The quantitative estimate of drug-likeness (QED) is 0.709. The van der Waals surface area contributed by atoms with Crippen LogP contribution in [0.3, 0.4) is 0 Å². The fraction of sp³-hybridized carbons (Fsp3) is 1.00. The van der Waals surface area contributed by atoms with Gasteiger partial charge in [-0.3, -0.25) is 0 Å². The molecule has 0 aliphatic carbocycles. The molecule has 0 aromatic rings. The Balaban J connectivity index is 2.19. The van der Waals surface area contributed by atoms with Gasteiger partial charge in [0.1, 0.15) is 0 Å². The lowest BCUT2D eigenvalue weighted by Crippen LogP contribution is -2.50. The van der Waals surface area contributed by atoms with E-state index in [0.29, 0.717) is 30.9 Å². The molecule has 3 nitrogen and oxygen atoms in total. The first-order chi connectivity index (χ1) is 7.63. The van der Waals surface area contributed by atoms with Crippen LogP contribution in [0.1, 0.15) is 47.0 Å². The average molecular weight is 229 g/mol. The summed E-state index contributed by atoms with van der Waals surface area (Å²) in [5.41, 5.74) is 0. The molecule has 0 amide bonds. The maximum absolute atomic E-state index is 5.90. The first-order valence-corrected chi connectivity index (χ1v) is 6.62. The van der Waals surface area contributed by atoms with Crippen molar-refractivity contribution in [1.29, 1.82) is 0 Å². The Morgan fingerprint density at radius 1 is 1.25 bits per heavy atom. The van der Waals surface area contributed by atoms with Crippen molar-refractivity contribution in [3.8, 4) is 0 Å². The third-order valence-corrected chi connectivity index (χ3v) is 3.14. The summed E-state index contributed by atoms with van der Waals surface area (Å²) in [5, 5.41) is 3.60. The monoisotopic (exact) mass is 229 g/mol. The summed E-state index contributed by atoms with van der Waals surface area (Å²) >= 11 is 0. The number of piperidine rings is 1. The minimum atomic E-state index is 0.301. The van der Waals surface area contributed by atoms with Crippen LogP contribution in [0.25, 0.3) is 0 Å². The van der Waals surface area contributed by atoms with Gasteiger partial charge in [0, 0.05) is 12.1 Å². The second-order valence-corrected chi connectivity index (χ2v) is 4.99. The number of ether oxygens (including phenoxy) is 2. The Morgan fingerprint density at radius 3 is 2.62 bits per heavy atom. The number of nitrogens with one attached hydrogen (secondary N) is 1. The smallest absolute Gasteiger partial charge is 0.0729 e. The lowest BCUT2D eigenvalue weighted by Gasteiger charge is -2.35. The van der Waals surface area contributed by atoms with Crippen LogP contribution in [0.5, 0.6) is 0 Å². The van der Waals surface area contributed by atoms with Crippen LogP contribution >= 0.6 is 0 Å². The molecule has 0 aromatic carbocycles. The summed E-state index contributed by atoms with van der Waals surface area (Å²) in [5.74, 6) is 0. The Morgan fingerprint density at radius 2 is 2.00 bits per heavy atom. The summed E-state index contributed by atoms with van der Waals surface area (Å²) in [6.07, 6.45) is 4.20. The number of hydrogen-bond acceptors (Lipinski definition) is 3. The third-order valence-electron chi connectivity index (χ3n) is 3.14. The van der Waals surface area contributed by atoms with Crippen molar-refractivity contribution in [3.05, 3.63) is 0 Å². The maximum atomic E-state index is 5.90. The zero-order chi connectivity index (χ0) is 12.0. The molecule has 0 aromatic heterocycles. The largest absolute Gasteiger partial charge is 0.376 e. The zero-order valence-electron chi connectivity index (χ0n) is 11.2. The van der Waals surface area contributed by atoms with Gasteiger partial charge in [0.05, 0.1) is 25.4 Å².